The topological polar surface area (TPSA) is 79.9 Å². The van der Waals surface area contributed by atoms with Crippen molar-refractivity contribution < 1.29 is 4.79 Å². The van der Waals surface area contributed by atoms with Crippen LogP contribution in [-0.4, -0.2) is 32.1 Å². The minimum Gasteiger partial charge on any atom is -0.396 e. The number of carbonyl (C=O) groups is 1. The molecule has 0 aromatic carbocycles. The molecule has 3 heterocycles. The first-order chi connectivity index (χ1) is 9.16. The Morgan fingerprint density at radius 1 is 1.58 bits per heavy atom. The molecule has 1 unspecified atom stereocenters. The maximum atomic E-state index is 12.5. The number of nitrogens with zero attached hydrogens (tertiary/aromatic N) is 3. The Kier molecular flexibility index (Phi) is 2.77. The minimum atomic E-state index is -0.0878. The number of amides is 1. The van der Waals surface area contributed by atoms with Crippen LogP contribution in [-0.2, 0) is 7.05 Å². The molecule has 1 aliphatic rings. The van der Waals surface area contributed by atoms with Crippen LogP contribution in [0.1, 0.15) is 35.1 Å². The first kappa shape index (κ1) is 11.8. The van der Waals surface area contributed by atoms with Gasteiger partial charge in [0.15, 0.2) is 5.69 Å². The van der Waals surface area contributed by atoms with Crippen LogP contribution in [0.2, 0.25) is 0 Å². The highest BCUT2D eigenvalue weighted by atomic mass is 16.2. The van der Waals surface area contributed by atoms with Crippen LogP contribution in [0, 0.1) is 0 Å². The fourth-order valence-corrected chi connectivity index (χ4v) is 2.69. The summed E-state index contributed by atoms with van der Waals surface area (Å²) < 4.78 is 1.57. The largest absolute Gasteiger partial charge is 0.396 e. The zero-order chi connectivity index (χ0) is 13.4. The molecule has 0 aliphatic carbocycles. The molecule has 1 atom stereocenters. The number of aryl methyl sites for hydroxylation is 1. The van der Waals surface area contributed by atoms with E-state index in [1.54, 1.807) is 17.9 Å². The van der Waals surface area contributed by atoms with Crippen LogP contribution in [0.5, 0.6) is 0 Å². The highest BCUT2D eigenvalue weighted by Gasteiger charge is 2.33. The number of carbonyl (C=O) groups excluding carboxylic acids is 1. The van der Waals surface area contributed by atoms with Crippen LogP contribution < -0.4 is 5.73 Å². The van der Waals surface area contributed by atoms with Gasteiger partial charge in [-0.15, -0.1) is 0 Å². The number of aromatic nitrogens is 3. The first-order valence-corrected chi connectivity index (χ1v) is 6.40. The third-order valence-corrected chi connectivity index (χ3v) is 3.55. The second-order valence-electron chi connectivity index (χ2n) is 4.89. The average molecular weight is 259 g/mol. The Labute approximate surface area is 111 Å². The normalized spacial score (nSPS) is 19.0. The Morgan fingerprint density at radius 2 is 2.42 bits per heavy atom. The minimum absolute atomic E-state index is 0.0878. The summed E-state index contributed by atoms with van der Waals surface area (Å²) in [4.78, 5) is 17.6. The van der Waals surface area contributed by atoms with Crippen LogP contribution in [0.3, 0.4) is 0 Å². The summed E-state index contributed by atoms with van der Waals surface area (Å²) in [6, 6.07) is 4.06. The Morgan fingerprint density at radius 3 is 3.05 bits per heavy atom. The van der Waals surface area contributed by atoms with Crippen molar-refractivity contribution in [2.75, 3.05) is 12.3 Å². The number of nitrogens with one attached hydrogen (secondary N) is 1. The molecule has 6 heteroatoms. The van der Waals surface area contributed by atoms with Gasteiger partial charge in [-0.25, -0.2) is 0 Å². The predicted octanol–water partition coefficient (Wildman–Crippen LogP) is 1.31. The zero-order valence-electron chi connectivity index (χ0n) is 10.8. The van der Waals surface area contributed by atoms with Gasteiger partial charge in [-0.3, -0.25) is 9.48 Å². The molecule has 0 saturated carbocycles. The summed E-state index contributed by atoms with van der Waals surface area (Å²) in [6.45, 7) is 0.749. The summed E-state index contributed by atoms with van der Waals surface area (Å²) in [7, 11) is 1.76. The maximum Gasteiger partial charge on any atom is 0.277 e. The molecule has 2 aromatic rings. The molecule has 0 spiro atoms. The lowest BCUT2D eigenvalue weighted by molar-refractivity contribution is 0.0727. The Bertz CT molecular complexity index is 586. The Hall–Kier alpha value is -2.24. The number of hydrogen-bond donors (Lipinski definition) is 2. The standard InChI is InChI=1S/C13H17N5O/c1-17-8-9(14)12(16-17)13(19)18-7-3-5-11(18)10-4-2-6-15-10/h2,4,6,8,11,15H,3,5,7,14H2,1H3. The third kappa shape index (κ3) is 1.99. The highest BCUT2D eigenvalue weighted by molar-refractivity contribution is 5.97. The van der Waals surface area contributed by atoms with Gasteiger partial charge in [0.1, 0.15) is 0 Å². The SMILES string of the molecule is Cn1cc(N)c(C(=O)N2CCCC2c2ccc[nH]2)n1. The van der Waals surface area contributed by atoms with Crippen molar-refractivity contribution in [1.29, 1.82) is 0 Å². The summed E-state index contributed by atoms with van der Waals surface area (Å²) >= 11 is 0. The number of nitrogen functional groups attached to an aromatic ring is 1. The van der Waals surface area contributed by atoms with Gasteiger partial charge in [0, 0.05) is 31.7 Å². The third-order valence-electron chi connectivity index (χ3n) is 3.55. The molecule has 1 fully saturated rings. The van der Waals surface area contributed by atoms with Crippen molar-refractivity contribution in [1.82, 2.24) is 19.7 Å². The van der Waals surface area contributed by atoms with E-state index in [0.717, 1.165) is 25.1 Å². The van der Waals surface area contributed by atoms with Crippen LogP contribution in [0.25, 0.3) is 0 Å². The lowest BCUT2D eigenvalue weighted by Gasteiger charge is -2.23. The van der Waals surface area contributed by atoms with E-state index in [1.807, 2.05) is 23.2 Å². The smallest absolute Gasteiger partial charge is 0.277 e. The van der Waals surface area contributed by atoms with E-state index < -0.39 is 0 Å². The van der Waals surface area contributed by atoms with Crippen molar-refractivity contribution >= 4 is 11.6 Å². The zero-order valence-corrected chi connectivity index (χ0v) is 10.8. The van der Waals surface area contributed by atoms with Gasteiger partial charge in [-0.1, -0.05) is 0 Å². The molecule has 1 aliphatic heterocycles. The summed E-state index contributed by atoms with van der Waals surface area (Å²) in [5.74, 6) is -0.0878. The molecule has 1 amide bonds. The van der Waals surface area contributed by atoms with Crippen LogP contribution in [0.4, 0.5) is 5.69 Å². The van der Waals surface area contributed by atoms with Gasteiger partial charge in [-0.2, -0.15) is 5.10 Å². The number of rotatable bonds is 2. The van der Waals surface area contributed by atoms with E-state index in [2.05, 4.69) is 10.1 Å². The first-order valence-electron chi connectivity index (χ1n) is 6.40. The average Bonchev–Trinajstić information content (AvgIpc) is 3.06. The van der Waals surface area contributed by atoms with Crippen molar-refractivity contribution in [3.8, 4) is 0 Å². The second-order valence-corrected chi connectivity index (χ2v) is 4.89. The van der Waals surface area contributed by atoms with Crippen LogP contribution in [0.15, 0.2) is 24.5 Å². The van der Waals surface area contributed by atoms with E-state index in [0.29, 0.717) is 11.4 Å². The summed E-state index contributed by atoms with van der Waals surface area (Å²) in [5.41, 5.74) is 7.69. The lowest BCUT2D eigenvalue weighted by atomic mass is 10.1. The van der Waals surface area contributed by atoms with E-state index in [1.165, 1.54) is 0 Å². The Balaban J connectivity index is 1.89. The highest BCUT2D eigenvalue weighted by Crippen LogP contribution is 2.32. The molecule has 6 nitrogen and oxygen atoms in total. The number of aromatic amines is 1. The number of likely N-dealkylation sites (tertiary alicyclic amines) is 1. The molecule has 3 rings (SSSR count). The molecule has 1 saturated heterocycles. The van der Waals surface area contributed by atoms with Crippen molar-refractivity contribution in [3.63, 3.8) is 0 Å². The predicted molar refractivity (Wildman–Crippen MR) is 71.4 cm³/mol. The van der Waals surface area contributed by atoms with Gasteiger partial charge in [0.2, 0.25) is 0 Å². The van der Waals surface area contributed by atoms with Gasteiger partial charge < -0.3 is 15.6 Å². The van der Waals surface area contributed by atoms with Crippen molar-refractivity contribution in [3.05, 3.63) is 35.9 Å². The fourth-order valence-electron chi connectivity index (χ4n) is 2.69. The van der Waals surface area contributed by atoms with Crippen molar-refractivity contribution in [2.45, 2.75) is 18.9 Å². The molecule has 2 aromatic heterocycles. The second kappa shape index (κ2) is 4.46. The fraction of sp³-hybridized carbons (Fsp3) is 0.385. The number of hydrogen-bond acceptors (Lipinski definition) is 3. The molecular formula is C13H17N5O. The van der Waals surface area contributed by atoms with Gasteiger partial charge in [0.25, 0.3) is 5.91 Å². The molecule has 100 valence electrons. The summed E-state index contributed by atoms with van der Waals surface area (Å²) in [5, 5.41) is 4.16. The summed E-state index contributed by atoms with van der Waals surface area (Å²) in [6.07, 6.45) is 5.51. The van der Waals surface area contributed by atoms with E-state index in [4.69, 9.17) is 5.73 Å². The van der Waals surface area contributed by atoms with Crippen molar-refractivity contribution in [2.24, 2.45) is 7.05 Å². The van der Waals surface area contributed by atoms with Gasteiger partial charge in [0.05, 0.1) is 11.7 Å². The quantitative estimate of drug-likeness (QED) is 0.853. The molecular weight excluding hydrogens is 242 g/mol. The van der Waals surface area contributed by atoms with Gasteiger partial charge in [-0.05, 0) is 25.0 Å². The van der Waals surface area contributed by atoms with E-state index in [9.17, 15) is 4.79 Å². The lowest BCUT2D eigenvalue weighted by Crippen LogP contribution is -2.31. The number of nitrogens with two attached hydrogens (primary N) is 1. The number of anilines is 1. The molecule has 19 heavy (non-hydrogen) atoms. The van der Waals surface area contributed by atoms with E-state index >= 15 is 0 Å². The monoisotopic (exact) mass is 259 g/mol. The van der Waals surface area contributed by atoms with E-state index in [-0.39, 0.29) is 11.9 Å². The van der Waals surface area contributed by atoms with Crippen LogP contribution >= 0.6 is 0 Å². The number of H-pyrrole nitrogens is 1. The molecule has 0 radical (unpaired) electrons. The maximum absolute atomic E-state index is 12.5. The van der Waals surface area contributed by atoms with Gasteiger partial charge >= 0.3 is 0 Å². The molecule has 0 bridgehead atoms. The molecule has 3 N–H and O–H groups in total.